The molecule has 0 aliphatic carbocycles. The molecule has 23 heavy (non-hydrogen) atoms. The van der Waals surface area contributed by atoms with Crippen LogP contribution in [0.1, 0.15) is 44.9 Å². The van der Waals surface area contributed by atoms with Crippen LogP contribution >= 0.6 is 0 Å². The summed E-state index contributed by atoms with van der Waals surface area (Å²) in [7, 11) is 0. The first-order valence-electron chi connectivity index (χ1n) is 8.04. The Labute approximate surface area is 137 Å². The Morgan fingerprint density at radius 2 is 1.87 bits per heavy atom. The van der Waals surface area contributed by atoms with Crippen LogP contribution in [0.25, 0.3) is 0 Å². The summed E-state index contributed by atoms with van der Waals surface area (Å²) in [4.78, 5) is 12.2. The number of aromatic nitrogens is 4. The van der Waals surface area contributed by atoms with Gasteiger partial charge in [-0.05, 0) is 39.8 Å². The predicted octanol–water partition coefficient (Wildman–Crippen LogP) is 2.39. The molecule has 0 radical (unpaired) electrons. The maximum Gasteiger partial charge on any atom is 0.242 e. The quantitative estimate of drug-likeness (QED) is 0.851. The first-order chi connectivity index (χ1) is 11.0. The van der Waals surface area contributed by atoms with Gasteiger partial charge in [0, 0.05) is 0 Å². The van der Waals surface area contributed by atoms with E-state index in [1.54, 1.807) is 0 Å². The van der Waals surface area contributed by atoms with E-state index in [4.69, 9.17) is 0 Å². The molecule has 1 unspecified atom stereocenters. The number of nitrogens with one attached hydrogen (secondary N) is 1. The van der Waals surface area contributed by atoms with Crippen LogP contribution in [0.2, 0.25) is 0 Å². The van der Waals surface area contributed by atoms with E-state index in [1.807, 2.05) is 0 Å². The van der Waals surface area contributed by atoms with Crippen molar-refractivity contribution >= 4 is 5.91 Å². The Balaban J connectivity index is 2.04. The molecule has 2 aromatic rings. The number of hydrogen-bond acceptors (Lipinski definition) is 4. The summed E-state index contributed by atoms with van der Waals surface area (Å²) in [5.74, 6) is 0.837. The molecule has 6 nitrogen and oxygen atoms in total. The van der Waals surface area contributed by atoms with Crippen molar-refractivity contribution in [3.05, 3.63) is 41.7 Å². The van der Waals surface area contributed by atoms with Crippen LogP contribution in [0.15, 0.2) is 30.6 Å². The van der Waals surface area contributed by atoms with E-state index in [0.29, 0.717) is 11.8 Å². The fraction of sp³-hybridized carbons (Fsp3) is 0.529. The van der Waals surface area contributed by atoms with Gasteiger partial charge in [-0.15, -0.1) is 5.10 Å². The van der Waals surface area contributed by atoms with Crippen molar-refractivity contribution < 1.29 is 4.79 Å². The SMILES string of the molecule is CC(C)Cc1ccc(C(NC(=O)Cn2cnnn2)C(C)C)cc1. The minimum atomic E-state index is -0.0951. The topological polar surface area (TPSA) is 72.7 Å². The molecule has 0 aliphatic rings. The standard InChI is InChI=1S/C17H25N5O/c1-12(2)9-14-5-7-15(8-6-14)17(13(3)4)19-16(23)10-22-11-18-20-21-22/h5-8,11-13,17H,9-10H2,1-4H3,(H,19,23). The largest absolute Gasteiger partial charge is 0.347 e. The highest BCUT2D eigenvalue weighted by atomic mass is 16.2. The van der Waals surface area contributed by atoms with Gasteiger partial charge in [0.1, 0.15) is 12.9 Å². The van der Waals surface area contributed by atoms with Crippen LogP contribution in [-0.2, 0) is 17.8 Å². The molecule has 6 heteroatoms. The maximum absolute atomic E-state index is 12.2. The first-order valence-corrected chi connectivity index (χ1v) is 8.04. The minimum Gasteiger partial charge on any atom is -0.347 e. The zero-order valence-corrected chi connectivity index (χ0v) is 14.2. The Kier molecular flexibility index (Phi) is 5.84. The maximum atomic E-state index is 12.2. The Hall–Kier alpha value is -2.24. The van der Waals surface area contributed by atoms with Gasteiger partial charge in [-0.3, -0.25) is 4.79 Å². The third-order valence-corrected chi connectivity index (χ3v) is 3.66. The number of nitrogens with zero attached hydrogens (tertiary/aromatic N) is 4. The van der Waals surface area contributed by atoms with Gasteiger partial charge in [-0.25, -0.2) is 4.68 Å². The smallest absolute Gasteiger partial charge is 0.242 e. The normalized spacial score (nSPS) is 12.6. The molecule has 1 amide bonds. The average molecular weight is 315 g/mol. The minimum absolute atomic E-state index is 0.0212. The van der Waals surface area contributed by atoms with E-state index < -0.39 is 0 Å². The van der Waals surface area contributed by atoms with E-state index in [9.17, 15) is 4.79 Å². The highest BCUT2D eigenvalue weighted by molar-refractivity contribution is 5.76. The first kappa shape index (κ1) is 17.1. The van der Waals surface area contributed by atoms with Crippen molar-refractivity contribution in [2.45, 2.75) is 46.7 Å². The molecule has 1 heterocycles. The van der Waals surface area contributed by atoms with Gasteiger partial charge in [0.15, 0.2) is 0 Å². The van der Waals surface area contributed by atoms with Gasteiger partial charge in [-0.1, -0.05) is 52.0 Å². The second-order valence-corrected chi connectivity index (χ2v) is 6.64. The second kappa shape index (κ2) is 7.85. The van der Waals surface area contributed by atoms with Crippen molar-refractivity contribution in [2.75, 3.05) is 0 Å². The molecule has 1 atom stereocenters. The third kappa shape index (κ3) is 5.16. The number of benzene rings is 1. The van der Waals surface area contributed by atoms with Gasteiger partial charge in [0.05, 0.1) is 6.04 Å². The fourth-order valence-electron chi connectivity index (χ4n) is 2.59. The number of amides is 1. The lowest BCUT2D eigenvalue weighted by molar-refractivity contribution is -0.123. The zero-order valence-electron chi connectivity index (χ0n) is 14.2. The van der Waals surface area contributed by atoms with Gasteiger partial charge in [-0.2, -0.15) is 0 Å². The fourth-order valence-corrected chi connectivity index (χ4v) is 2.59. The number of carbonyl (C=O) groups excluding carboxylic acids is 1. The number of carbonyl (C=O) groups is 1. The Morgan fingerprint density at radius 1 is 1.17 bits per heavy atom. The van der Waals surface area contributed by atoms with E-state index >= 15 is 0 Å². The highest BCUT2D eigenvalue weighted by Crippen LogP contribution is 2.22. The summed E-state index contributed by atoms with van der Waals surface area (Å²) in [5, 5.41) is 13.9. The molecule has 0 spiro atoms. The summed E-state index contributed by atoms with van der Waals surface area (Å²) in [6.45, 7) is 8.75. The van der Waals surface area contributed by atoms with Crippen LogP contribution < -0.4 is 5.32 Å². The Morgan fingerprint density at radius 3 is 2.39 bits per heavy atom. The lowest BCUT2D eigenvalue weighted by Gasteiger charge is -2.23. The molecule has 0 bridgehead atoms. The lowest BCUT2D eigenvalue weighted by Crippen LogP contribution is -2.34. The average Bonchev–Trinajstić information content (AvgIpc) is 2.98. The summed E-state index contributed by atoms with van der Waals surface area (Å²) < 4.78 is 1.42. The molecule has 1 aromatic heterocycles. The van der Waals surface area contributed by atoms with E-state index in [2.05, 4.69) is 72.8 Å². The monoisotopic (exact) mass is 315 g/mol. The lowest BCUT2D eigenvalue weighted by atomic mass is 9.93. The van der Waals surface area contributed by atoms with Crippen molar-refractivity contribution in [3.63, 3.8) is 0 Å². The predicted molar refractivity (Wildman–Crippen MR) is 88.5 cm³/mol. The van der Waals surface area contributed by atoms with Gasteiger partial charge >= 0.3 is 0 Å². The van der Waals surface area contributed by atoms with Crippen LogP contribution in [0.3, 0.4) is 0 Å². The van der Waals surface area contributed by atoms with Crippen LogP contribution in [0.4, 0.5) is 0 Å². The number of rotatable bonds is 7. The van der Waals surface area contributed by atoms with Crippen LogP contribution in [0, 0.1) is 11.8 Å². The summed E-state index contributed by atoms with van der Waals surface area (Å²) in [5.41, 5.74) is 2.45. The summed E-state index contributed by atoms with van der Waals surface area (Å²) in [6, 6.07) is 8.50. The highest BCUT2D eigenvalue weighted by Gasteiger charge is 2.18. The number of tetrazole rings is 1. The molecule has 0 fully saturated rings. The molecule has 2 rings (SSSR count). The molecule has 1 N–H and O–H groups in total. The van der Waals surface area contributed by atoms with Crippen LogP contribution in [0.5, 0.6) is 0 Å². The van der Waals surface area contributed by atoms with Gasteiger partial charge in [0.2, 0.25) is 5.91 Å². The Bertz CT molecular complexity index is 604. The molecule has 1 aromatic carbocycles. The molecule has 0 saturated carbocycles. The van der Waals surface area contributed by atoms with Crippen molar-refractivity contribution in [3.8, 4) is 0 Å². The second-order valence-electron chi connectivity index (χ2n) is 6.64. The molecular formula is C17H25N5O. The van der Waals surface area contributed by atoms with Gasteiger partial charge in [0.25, 0.3) is 0 Å². The van der Waals surface area contributed by atoms with Crippen molar-refractivity contribution in [1.82, 2.24) is 25.5 Å². The summed E-state index contributed by atoms with van der Waals surface area (Å²) in [6.07, 6.45) is 2.50. The zero-order chi connectivity index (χ0) is 16.8. The van der Waals surface area contributed by atoms with Crippen molar-refractivity contribution in [2.24, 2.45) is 11.8 Å². The van der Waals surface area contributed by atoms with E-state index in [1.165, 1.54) is 16.6 Å². The molecular weight excluding hydrogens is 290 g/mol. The van der Waals surface area contributed by atoms with Crippen molar-refractivity contribution in [1.29, 1.82) is 0 Å². The molecule has 124 valence electrons. The molecule has 0 saturated heterocycles. The summed E-state index contributed by atoms with van der Waals surface area (Å²) >= 11 is 0. The van der Waals surface area contributed by atoms with Gasteiger partial charge < -0.3 is 5.32 Å². The number of hydrogen-bond donors (Lipinski definition) is 1. The third-order valence-electron chi connectivity index (χ3n) is 3.66. The van der Waals surface area contributed by atoms with E-state index in [0.717, 1.165) is 12.0 Å². The van der Waals surface area contributed by atoms with Crippen LogP contribution in [-0.4, -0.2) is 26.1 Å². The van der Waals surface area contributed by atoms with E-state index in [-0.39, 0.29) is 18.5 Å². The molecule has 0 aliphatic heterocycles.